The first-order chi connectivity index (χ1) is 3.81. The van der Waals surface area contributed by atoms with Gasteiger partial charge in [0.2, 0.25) is 0 Å². The lowest BCUT2D eigenvalue weighted by Crippen LogP contribution is -1.83. The van der Waals surface area contributed by atoms with Gasteiger partial charge in [0.25, 0.3) is 0 Å². The Morgan fingerprint density at radius 1 is 1.12 bits per heavy atom. The minimum atomic E-state index is 0.0509. The average Bonchev–Trinajstić information content (AvgIpc) is 1.68. The van der Waals surface area contributed by atoms with Crippen LogP contribution in [-0.2, 0) is 4.79 Å². The smallest absolute Gasteiger partial charge is 0.176 e. The largest absolute Gasteiger partial charge is 0.290 e. The van der Waals surface area contributed by atoms with Crippen LogP contribution in [0.2, 0.25) is 0 Å². The highest BCUT2D eigenvalue weighted by Crippen LogP contribution is 1.75. The van der Waals surface area contributed by atoms with Gasteiger partial charge in [-0.3, -0.25) is 4.79 Å². The Labute approximate surface area is 51.3 Å². The zero-order valence-corrected chi connectivity index (χ0v) is 5.22. The van der Waals surface area contributed by atoms with Gasteiger partial charge >= 0.3 is 0 Å². The highest BCUT2D eigenvalue weighted by Gasteiger charge is 1.80. The van der Waals surface area contributed by atoms with E-state index in [1.807, 2.05) is 15.7 Å². The highest BCUT2D eigenvalue weighted by atomic mass is 16.1. The summed E-state index contributed by atoms with van der Waals surface area (Å²) in [5.74, 6) is 3.50. The highest BCUT2D eigenvalue weighted by molar-refractivity contribution is 6.22. The summed E-state index contributed by atoms with van der Waals surface area (Å²) in [5.41, 5.74) is 0. The minimum absolute atomic E-state index is 0.0509. The van der Waals surface area contributed by atoms with Crippen LogP contribution in [0, 0.1) is 0 Å². The maximum absolute atomic E-state index is 10.5. The molecule has 0 spiro atoms. The van der Waals surface area contributed by atoms with Gasteiger partial charge in [-0.25, -0.2) is 0 Å². The molecule has 0 aromatic rings. The van der Waals surface area contributed by atoms with E-state index in [2.05, 4.69) is 0 Å². The molecule has 0 aromatic heterocycles. The van der Waals surface area contributed by atoms with Gasteiger partial charge in [-0.15, -0.1) is 12.0 Å². The van der Waals surface area contributed by atoms with E-state index >= 15 is 0 Å². The van der Waals surface area contributed by atoms with Crippen LogP contribution in [0.25, 0.3) is 0 Å². The van der Waals surface area contributed by atoms with E-state index in [0.29, 0.717) is 0 Å². The fourth-order valence-electron chi connectivity index (χ4n) is 0.384. The minimum Gasteiger partial charge on any atom is -0.290 e. The summed E-state index contributed by atoms with van der Waals surface area (Å²) in [6.07, 6.45) is 3.06. The predicted octanol–water partition coefficient (Wildman–Crippen LogP) is -1.15. The molecule has 0 saturated carbocycles. The quantitative estimate of drug-likeness (QED) is 0.320. The molecule has 0 aliphatic carbocycles. The summed E-state index contributed by atoms with van der Waals surface area (Å²) in [6, 6.07) is 0. The molecule has 0 radical (unpaired) electrons. The van der Waals surface area contributed by atoms with Crippen LogP contribution in [0.15, 0.2) is 24.1 Å². The molecule has 0 saturated heterocycles. The van der Waals surface area contributed by atoms with Crippen molar-refractivity contribution in [2.75, 3.05) is 0 Å². The van der Waals surface area contributed by atoms with Crippen molar-refractivity contribution in [3.8, 4) is 0 Å². The van der Waals surface area contributed by atoms with Gasteiger partial charge in [0.1, 0.15) is 15.7 Å². The SMILES string of the molecule is B/C=C/C(=O)/C=C/B. The molecular formula is C5H8B2O. The maximum atomic E-state index is 10.5. The van der Waals surface area contributed by atoms with Gasteiger partial charge < -0.3 is 0 Å². The van der Waals surface area contributed by atoms with E-state index < -0.39 is 0 Å². The van der Waals surface area contributed by atoms with Crippen molar-refractivity contribution < 1.29 is 4.79 Å². The summed E-state index contributed by atoms with van der Waals surface area (Å²) in [6.45, 7) is 0. The lowest BCUT2D eigenvalue weighted by molar-refractivity contribution is -0.110. The van der Waals surface area contributed by atoms with Gasteiger partial charge in [0, 0.05) is 0 Å². The normalized spacial score (nSPS) is 11.0. The number of allylic oxidation sites excluding steroid dienone is 2. The molecule has 0 amide bonds. The number of hydrogen-bond acceptors (Lipinski definition) is 1. The van der Waals surface area contributed by atoms with Crippen molar-refractivity contribution in [3.05, 3.63) is 24.1 Å². The van der Waals surface area contributed by atoms with Gasteiger partial charge in [0.15, 0.2) is 5.78 Å². The molecule has 0 bridgehead atoms. The van der Waals surface area contributed by atoms with Crippen LogP contribution in [0.3, 0.4) is 0 Å². The van der Waals surface area contributed by atoms with Crippen LogP contribution in [-0.4, -0.2) is 21.5 Å². The monoisotopic (exact) mass is 106 g/mol. The lowest BCUT2D eigenvalue weighted by Gasteiger charge is -1.75. The number of carbonyl (C=O) groups is 1. The van der Waals surface area contributed by atoms with E-state index in [0.717, 1.165) is 0 Å². The molecule has 0 rings (SSSR count). The molecule has 40 valence electrons. The van der Waals surface area contributed by atoms with E-state index in [4.69, 9.17) is 0 Å². The van der Waals surface area contributed by atoms with Crippen molar-refractivity contribution in [1.82, 2.24) is 0 Å². The van der Waals surface area contributed by atoms with E-state index in [1.54, 1.807) is 12.0 Å². The second kappa shape index (κ2) is 4.44. The summed E-state index contributed by atoms with van der Waals surface area (Å²) < 4.78 is 0. The Morgan fingerprint density at radius 3 is 1.75 bits per heavy atom. The number of ketones is 1. The molecule has 8 heavy (non-hydrogen) atoms. The van der Waals surface area contributed by atoms with Crippen LogP contribution < -0.4 is 0 Å². The third-order valence-corrected chi connectivity index (χ3v) is 0.662. The third-order valence-electron chi connectivity index (χ3n) is 0.662. The zero-order valence-electron chi connectivity index (χ0n) is 5.22. The standard InChI is InChI=1S/C5H8B2O/c6-3-1-5(8)2-4-7/h1-4H,6-7H2/b3-1+,4-2+. The first-order valence-electron chi connectivity index (χ1n) is 2.60. The Bertz CT molecular complexity index is 112. The molecule has 0 fully saturated rings. The molecule has 0 N–H and O–H groups in total. The van der Waals surface area contributed by atoms with Crippen LogP contribution in [0.1, 0.15) is 0 Å². The maximum Gasteiger partial charge on any atom is 0.176 e. The molecule has 0 heterocycles. The van der Waals surface area contributed by atoms with Crippen LogP contribution in [0.5, 0.6) is 0 Å². The van der Waals surface area contributed by atoms with Gasteiger partial charge in [-0.05, 0) is 12.2 Å². The van der Waals surface area contributed by atoms with E-state index in [-0.39, 0.29) is 5.78 Å². The number of carbonyl (C=O) groups excluding carboxylic acids is 1. The van der Waals surface area contributed by atoms with Crippen molar-refractivity contribution in [3.63, 3.8) is 0 Å². The van der Waals surface area contributed by atoms with Crippen LogP contribution >= 0.6 is 0 Å². The molecule has 0 atom stereocenters. The van der Waals surface area contributed by atoms with Crippen molar-refractivity contribution in [2.24, 2.45) is 0 Å². The van der Waals surface area contributed by atoms with Crippen molar-refractivity contribution >= 4 is 21.5 Å². The molecular weight excluding hydrogens is 97.7 g/mol. The molecule has 1 nitrogen and oxygen atoms in total. The summed E-state index contributed by atoms with van der Waals surface area (Å²) in [5, 5.41) is 0. The first kappa shape index (κ1) is 7.28. The number of rotatable bonds is 2. The second-order valence-corrected chi connectivity index (χ2v) is 1.40. The Morgan fingerprint density at radius 2 is 1.50 bits per heavy atom. The third kappa shape index (κ3) is 3.47. The Kier molecular flexibility index (Phi) is 4.04. The summed E-state index contributed by atoms with van der Waals surface area (Å²) >= 11 is 0. The van der Waals surface area contributed by atoms with Crippen molar-refractivity contribution in [2.45, 2.75) is 0 Å². The molecule has 0 aromatic carbocycles. The fourth-order valence-corrected chi connectivity index (χ4v) is 0.384. The van der Waals surface area contributed by atoms with Gasteiger partial charge in [-0.2, -0.15) is 0 Å². The van der Waals surface area contributed by atoms with E-state index in [1.165, 1.54) is 12.2 Å². The van der Waals surface area contributed by atoms with Crippen LogP contribution in [0.4, 0.5) is 0 Å². The second-order valence-electron chi connectivity index (χ2n) is 1.40. The molecule has 0 unspecified atom stereocenters. The summed E-state index contributed by atoms with van der Waals surface area (Å²) in [7, 11) is 3.64. The Hall–Kier alpha value is -0.720. The molecule has 3 heteroatoms. The van der Waals surface area contributed by atoms with Crippen molar-refractivity contribution in [1.29, 1.82) is 0 Å². The number of hydrogen-bond donors (Lipinski definition) is 0. The average molecular weight is 106 g/mol. The van der Waals surface area contributed by atoms with Gasteiger partial charge in [0.05, 0.1) is 0 Å². The predicted molar refractivity (Wildman–Crippen MR) is 40.4 cm³/mol. The summed E-state index contributed by atoms with van der Waals surface area (Å²) in [4.78, 5) is 10.5. The molecule has 0 aliphatic heterocycles. The topological polar surface area (TPSA) is 17.1 Å². The Balaban J connectivity index is 3.66. The zero-order chi connectivity index (χ0) is 6.41. The van der Waals surface area contributed by atoms with E-state index in [9.17, 15) is 4.79 Å². The fraction of sp³-hybridized carbons (Fsp3) is 0. The first-order valence-corrected chi connectivity index (χ1v) is 2.60. The van der Waals surface area contributed by atoms with Gasteiger partial charge in [-0.1, -0.05) is 0 Å². The lowest BCUT2D eigenvalue weighted by atomic mass is 10.1. The molecule has 0 aliphatic rings.